The fraction of sp³-hybridized carbons (Fsp3) is 0.286. The van der Waals surface area contributed by atoms with Crippen LogP contribution < -0.4 is 4.74 Å². The number of carboxylic acid groups (broad SMARTS) is 1. The van der Waals surface area contributed by atoms with E-state index in [1.807, 2.05) is 0 Å². The molecule has 3 rings (SSSR count). The lowest BCUT2D eigenvalue weighted by atomic mass is 10.3. The summed E-state index contributed by atoms with van der Waals surface area (Å²) in [7, 11) is 0. The van der Waals surface area contributed by atoms with Crippen LogP contribution in [-0.2, 0) is 9.59 Å². The first-order chi connectivity index (χ1) is 10.6. The first-order valence-electron chi connectivity index (χ1n) is 6.62. The number of aromatic nitrogens is 1. The zero-order valence-electron chi connectivity index (χ0n) is 11.6. The molecule has 0 bridgehead atoms. The van der Waals surface area contributed by atoms with Crippen LogP contribution in [0.4, 0.5) is 0 Å². The molecule has 22 heavy (non-hydrogen) atoms. The number of hydrogen-bond acceptors (Lipinski definition) is 7. The maximum Gasteiger partial charge on any atom is 0.329 e. The van der Waals surface area contributed by atoms with Gasteiger partial charge in [-0.1, -0.05) is 6.92 Å². The second-order valence-corrected chi connectivity index (χ2v) is 6.61. The summed E-state index contributed by atoms with van der Waals surface area (Å²) in [6.45, 7) is 1.74. The second kappa shape index (κ2) is 6.05. The van der Waals surface area contributed by atoms with E-state index >= 15 is 0 Å². The number of rotatable bonds is 4. The number of carboxylic acids is 1. The highest BCUT2D eigenvalue weighted by Gasteiger charge is 2.26. The number of aliphatic imine (C=N–C) groups is 1. The van der Waals surface area contributed by atoms with Gasteiger partial charge in [0.2, 0.25) is 0 Å². The Balaban J connectivity index is 1.89. The summed E-state index contributed by atoms with van der Waals surface area (Å²) in [5.74, 6) is -0.291. The number of fused-ring (bicyclic) bond motifs is 1. The highest BCUT2D eigenvalue weighted by Crippen LogP contribution is 2.31. The molecular formula is C14H12N2O4S2. The Bertz CT molecular complexity index is 784. The topological polar surface area (TPSA) is 88.9 Å². The third-order valence-corrected chi connectivity index (χ3v) is 5.21. The van der Waals surface area contributed by atoms with Crippen LogP contribution in [0, 0.1) is 0 Å². The van der Waals surface area contributed by atoms with Crippen molar-refractivity contribution in [1.29, 1.82) is 0 Å². The molecular weight excluding hydrogens is 324 g/mol. The smallest absolute Gasteiger partial charge is 0.329 e. The number of benzene rings is 1. The van der Waals surface area contributed by atoms with E-state index in [0.717, 1.165) is 10.2 Å². The summed E-state index contributed by atoms with van der Waals surface area (Å²) >= 11 is 2.81. The molecule has 0 saturated carbocycles. The lowest BCUT2D eigenvalue weighted by Crippen LogP contribution is -2.17. The van der Waals surface area contributed by atoms with E-state index in [0.29, 0.717) is 28.0 Å². The van der Waals surface area contributed by atoms with E-state index < -0.39 is 12.0 Å². The molecule has 8 heteroatoms. The van der Waals surface area contributed by atoms with Crippen molar-refractivity contribution in [3.05, 3.63) is 23.2 Å². The zero-order chi connectivity index (χ0) is 15.7. The quantitative estimate of drug-likeness (QED) is 0.682. The van der Waals surface area contributed by atoms with Crippen LogP contribution in [0.25, 0.3) is 10.2 Å². The van der Waals surface area contributed by atoms with Crippen molar-refractivity contribution in [3.63, 3.8) is 0 Å². The summed E-state index contributed by atoms with van der Waals surface area (Å²) < 4.78 is 6.06. The van der Waals surface area contributed by atoms with Crippen LogP contribution in [-0.4, -0.2) is 38.9 Å². The Morgan fingerprint density at radius 3 is 2.95 bits per heavy atom. The highest BCUT2D eigenvalue weighted by molar-refractivity contribution is 8.15. The van der Waals surface area contributed by atoms with Crippen molar-refractivity contribution in [2.24, 2.45) is 4.99 Å². The molecule has 2 heterocycles. The van der Waals surface area contributed by atoms with E-state index in [9.17, 15) is 9.59 Å². The minimum atomic E-state index is -0.919. The normalized spacial score (nSPS) is 17.5. The first kappa shape index (κ1) is 15.0. The number of aliphatic carboxylic acids is 1. The Labute approximate surface area is 134 Å². The van der Waals surface area contributed by atoms with E-state index in [4.69, 9.17) is 9.84 Å². The predicted molar refractivity (Wildman–Crippen MR) is 86.0 cm³/mol. The molecule has 0 radical (unpaired) electrons. The van der Waals surface area contributed by atoms with Crippen molar-refractivity contribution >= 4 is 50.3 Å². The maximum atomic E-state index is 11.3. The molecule has 1 aliphatic rings. The van der Waals surface area contributed by atoms with Crippen LogP contribution in [0.2, 0.25) is 0 Å². The molecule has 6 nitrogen and oxygen atoms in total. The van der Waals surface area contributed by atoms with Gasteiger partial charge in [-0.05, 0) is 12.1 Å². The Kier molecular flexibility index (Phi) is 4.12. The number of carbonyl (C=O) groups excluding carboxylic acids is 1. The van der Waals surface area contributed by atoms with Crippen LogP contribution in [0.3, 0.4) is 0 Å². The van der Waals surface area contributed by atoms with Crippen LogP contribution in [0.15, 0.2) is 23.2 Å². The third-order valence-electron chi connectivity index (χ3n) is 3.00. The minimum absolute atomic E-state index is 0.288. The van der Waals surface area contributed by atoms with Crippen molar-refractivity contribution in [2.75, 3.05) is 5.75 Å². The van der Waals surface area contributed by atoms with Gasteiger partial charge in [0.1, 0.15) is 15.8 Å². The van der Waals surface area contributed by atoms with Crippen molar-refractivity contribution < 1.29 is 19.4 Å². The number of thiazole rings is 1. The molecule has 0 aliphatic carbocycles. The van der Waals surface area contributed by atoms with Crippen LogP contribution in [0.1, 0.15) is 18.4 Å². The first-order valence-corrected chi connectivity index (χ1v) is 8.42. The number of thioether (sulfide) groups is 1. The van der Waals surface area contributed by atoms with Gasteiger partial charge in [0.25, 0.3) is 0 Å². The monoisotopic (exact) mass is 336 g/mol. The second-order valence-electron chi connectivity index (χ2n) is 4.58. The molecule has 1 aliphatic heterocycles. The molecule has 0 amide bonds. The SMILES string of the molecule is CCC(=O)Oc1ccc2nc(C3=N[C@@H](C(=O)O)CS3)sc2c1. The number of nitrogens with zero attached hydrogens (tertiary/aromatic N) is 2. The molecule has 1 N–H and O–H groups in total. The van der Waals surface area contributed by atoms with Gasteiger partial charge in [0.15, 0.2) is 6.04 Å². The number of esters is 1. The van der Waals surface area contributed by atoms with Crippen molar-refractivity contribution in [1.82, 2.24) is 4.98 Å². The van der Waals surface area contributed by atoms with Crippen molar-refractivity contribution in [2.45, 2.75) is 19.4 Å². The highest BCUT2D eigenvalue weighted by atomic mass is 32.2. The van der Waals surface area contributed by atoms with Crippen molar-refractivity contribution in [3.8, 4) is 5.75 Å². The number of hydrogen-bond donors (Lipinski definition) is 1. The standard InChI is InChI=1S/C14H12N2O4S2/c1-2-11(17)20-7-3-4-8-10(5-7)22-13(15-8)12-16-9(6-21-12)14(18)19/h3-5,9H,2,6H2,1H3,(H,18,19)/t9-/m1/s1. The molecule has 0 fully saturated rings. The van der Waals surface area contributed by atoms with Gasteiger partial charge in [-0.15, -0.1) is 23.1 Å². The molecule has 114 valence electrons. The van der Waals surface area contributed by atoms with Gasteiger partial charge in [0.05, 0.1) is 10.2 Å². The van der Waals surface area contributed by atoms with Gasteiger partial charge >= 0.3 is 11.9 Å². The van der Waals surface area contributed by atoms with Crippen LogP contribution >= 0.6 is 23.1 Å². The Morgan fingerprint density at radius 2 is 2.27 bits per heavy atom. The summed E-state index contributed by atoms with van der Waals surface area (Å²) in [6, 6.07) is 4.54. The molecule has 2 aromatic rings. The molecule has 0 saturated heterocycles. The Hall–Kier alpha value is -1.93. The van der Waals surface area contributed by atoms with Gasteiger partial charge in [-0.2, -0.15) is 0 Å². The minimum Gasteiger partial charge on any atom is -0.480 e. The fourth-order valence-corrected chi connectivity index (χ4v) is 3.97. The Morgan fingerprint density at radius 1 is 1.45 bits per heavy atom. The van der Waals surface area contributed by atoms with Gasteiger partial charge in [-0.3, -0.25) is 9.79 Å². The maximum absolute atomic E-state index is 11.3. The lowest BCUT2D eigenvalue weighted by molar-refractivity contribution is -0.138. The predicted octanol–water partition coefficient (Wildman–Crippen LogP) is 2.56. The summed E-state index contributed by atoms with van der Waals surface area (Å²) in [6.07, 6.45) is 0.315. The zero-order valence-corrected chi connectivity index (χ0v) is 13.2. The van der Waals surface area contributed by atoms with Gasteiger partial charge < -0.3 is 9.84 Å². The van der Waals surface area contributed by atoms with E-state index in [2.05, 4.69) is 9.98 Å². The van der Waals surface area contributed by atoms with E-state index in [1.165, 1.54) is 23.1 Å². The molecule has 1 aromatic heterocycles. The average molecular weight is 336 g/mol. The van der Waals surface area contributed by atoms with E-state index in [-0.39, 0.29) is 5.97 Å². The molecule has 1 aromatic carbocycles. The average Bonchev–Trinajstić information content (AvgIpc) is 3.13. The van der Waals surface area contributed by atoms with E-state index in [1.54, 1.807) is 25.1 Å². The number of carbonyl (C=O) groups is 2. The summed E-state index contributed by atoms with van der Waals surface area (Å²) in [5, 5.41) is 10.3. The summed E-state index contributed by atoms with van der Waals surface area (Å²) in [5.41, 5.74) is 0.776. The molecule has 1 atom stereocenters. The van der Waals surface area contributed by atoms with Gasteiger partial charge in [0, 0.05) is 18.2 Å². The largest absolute Gasteiger partial charge is 0.480 e. The summed E-state index contributed by atoms with van der Waals surface area (Å²) in [4.78, 5) is 30.9. The van der Waals surface area contributed by atoms with Gasteiger partial charge in [-0.25, -0.2) is 9.78 Å². The third kappa shape index (κ3) is 2.97. The van der Waals surface area contributed by atoms with Crippen LogP contribution in [0.5, 0.6) is 5.75 Å². The molecule has 0 unspecified atom stereocenters. The lowest BCUT2D eigenvalue weighted by Gasteiger charge is -2.01. The number of ether oxygens (including phenoxy) is 1. The fourth-order valence-electron chi connectivity index (χ4n) is 1.88. The molecule has 0 spiro atoms.